The molecule has 1 aliphatic rings. The van der Waals surface area contributed by atoms with Crippen LogP contribution in [-0.2, 0) is 11.2 Å². The molecule has 1 saturated carbocycles. The van der Waals surface area contributed by atoms with Crippen LogP contribution in [-0.4, -0.2) is 17.9 Å². The SMILES string of the molecule is CC(=O)c1ccc([C@@H](C(=O)Nc2cc(CC3CC3)ccc2F)[C@@H](C)C(F)(F)F)cc1. The Hall–Kier alpha value is -2.70. The molecule has 0 radical (unpaired) electrons. The molecule has 0 bridgehead atoms. The normalized spacial score (nSPS) is 16.1. The van der Waals surface area contributed by atoms with Crippen LogP contribution >= 0.6 is 0 Å². The van der Waals surface area contributed by atoms with Gasteiger partial charge in [0.15, 0.2) is 5.78 Å². The number of hydrogen-bond acceptors (Lipinski definition) is 2. The summed E-state index contributed by atoms with van der Waals surface area (Å²) in [6, 6.07) is 9.78. The van der Waals surface area contributed by atoms with Crippen molar-refractivity contribution in [1.82, 2.24) is 0 Å². The number of hydrogen-bond donors (Lipinski definition) is 1. The second-order valence-electron chi connectivity index (χ2n) is 7.94. The first kappa shape index (κ1) is 22.0. The van der Waals surface area contributed by atoms with Crippen molar-refractivity contribution in [1.29, 1.82) is 0 Å². The van der Waals surface area contributed by atoms with Crippen LogP contribution in [0.1, 0.15) is 54.1 Å². The number of anilines is 1. The standard InChI is InChI=1S/C23H23F4NO2/c1-13(23(25,26)27)21(18-8-6-17(7-9-18)14(2)29)22(30)28-20-12-16(5-10-19(20)24)11-15-3-4-15/h5-10,12-13,15,21H,3-4,11H2,1-2H3,(H,28,30)/t13-,21+/m1/s1. The molecule has 2 aromatic rings. The van der Waals surface area contributed by atoms with E-state index < -0.39 is 29.7 Å². The topological polar surface area (TPSA) is 46.2 Å². The second kappa shape index (κ2) is 8.58. The Bertz CT molecular complexity index is 933. The summed E-state index contributed by atoms with van der Waals surface area (Å²) in [4.78, 5) is 24.3. The van der Waals surface area contributed by atoms with Gasteiger partial charge in [0.1, 0.15) is 5.82 Å². The van der Waals surface area contributed by atoms with Crippen molar-refractivity contribution in [2.75, 3.05) is 5.32 Å². The summed E-state index contributed by atoms with van der Waals surface area (Å²) in [6.45, 7) is 2.26. The average molecular weight is 421 g/mol. The Kier molecular flexibility index (Phi) is 6.29. The number of alkyl halides is 3. The van der Waals surface area contributed by atoms with Gasteiger partial charge in [-0.3, -0.25) is 9.59 Å². The van der Waals surface area contributed by atoms with Gasteiger partial charge in [0, 0.05) is 5.56 Å². The Balaban J connectivity index is 1.89. The fourth-order valence-corrected chi connectivity index (χ4v) is 3.44. The minimum absolute atomic E-state index is 0.108. The summed E-state index contributed by atoms with van der Waals surface area (Å²) in [5, 5.41) is 2.35. The molecule has 2 atom stereocenters. The van der Waals surface area contributed by atoms with Gasteiger partial charge in [0.25, 0.3) is 0 Å². The summed E-state index contributed by atoms with van der Waals surface area (Å²) in [6.07, 6.45) is -1.69. The summed E-state index contributed by atoms with van der Waals surface area (Å²) >= 11 is 0. The largest absolute Gasteiger partial charge is 0.392 e. The Labute approximate surface area is 172 Å². The highest BCUT2D eigenvalue weighted by atomic mass is 19.4. The lowest BCUT2D eigenvalue weighted by Gasteiger charge is -2.26. The number of Topliss-reactive ketones (excluding diaryl/α,β-unsaturated/α-hetero) is 1. The molecular weight excluding hydrogens is 398 g/mol. The van der Waals surface area contributed by atoms with Gasteiger partial charge in [0.2, 0.25) is 5.91 Å². The van der Waals surface area contributed by atoms with E-state index in [2.05, 4.69) is 5.32 Å². The van der Waals surface area contributed by atoms with Crippen molar-refractivity contribution >= 4 is 17.4 Å². The van der Waals surface area contributed by atoms with Gasteiger partial charge in [-0.15, -0.1) is 0 Å². The first-order valence-corrected chi connectivity index (χ1v) is 9.83. The molecule has 0 saturated heterocycles. The zero-order valence-electron chi connectivity index (χ0n) is 16.7. The highest BCUT2D eigenvalue weighted by Crippen LogP contribution is 2.39. The minimum Gasteiger partial charge on any atom is -0.323 e. The van der Waals surface area contributed by atoms with Crippen LogP contribution in [0, 0.1) is 17.7 Å². The minimum atomic E-state index is -4.63. The average Bonchev–Trinajstić information content (AvgIpc) is 3.48. The van der Waals surface area contributed by atoms with Gasteiger partial charge < -0.3 is 5.32 Å². The van der Waals surface area contributed by atoms with Crippen LogP contribution in [0.25, 0.3) is 0 Å². The van der Waals surface area contributed by atoms with Crippen LogP contribution in [0.15, 0.2) is 42.5 Å². The molecule has 1 amide bonds. The molecule has 0 heterocycles. The van der Waals surface area contributed by atoms with Crippen molar-refractivity contribution in [3.63, 3.8) is 0 Å². The predicted molar refractivity (Wildman–Crippen MR) is 106 cm³/mol. The maximum atomic E-state index is 14.3. The number of carbonyl (C=O) groups is 2. The van der Waals surface area contributed by atoms with E-state index in [-0.39, 0.29) is 17.0 Å². The lowest BCUT2D eigenvalue weighted by molar-refractivity contribution is -0.178. The molecule has 1 N–H and O–H groups in total. The molecule has 0 unspecified atom stereocenters. The van der Waals surface area contributed by atoms with E-state index >= 15 is 0 Å². The smallest absolute Gasteiger partial charge is 0.323 e. The van der Waals surface area contributed by atoms with E-state index in [0.717, 1.165) is 31.7 Å². The first-order valence-electron chi connectivity index (χ1n) is 9.83. The molecule has 0 aliphatic heterocycles. The molecule has 160 valence electrons. The van der Waals surface area contributed by atoms with E-state index in [4.69, 9.17) is 0 Å². The van der Waals surface area contributed by atoms with Crippen molar-refractivity contribution in [2.45, 2.75) is 45.2 Å². The third kappa shape index (κ3) is 5.26. The zero-order chi connectivity index (χ0) is 22.1. The third-order valence-corrected chi connectivity index (χ3v) is 5.49. The van der Waals surface area contributed by atoms with Gasteiger partial charge >= 0.3 is 6.18 Å². The van der Waals surface area contributed by atoms with Crippen molar-refractivity contribution < 1.29 is 27.2 Å². The maximum Gasteiger partial charge on any atom is 0.392 e. The predicted octanol–water partition coefficient (Wildman–Crippen LogP) is 5.90. The monoisotopic (exact) mass is 421 g/mol. The quantitative estimate of drug-likeness (QED) is 0.447. The maximum absolute atomic E-state index is 14.3. The van der Waals surface area contributed by atoms with Crippen LogP contribution in [0.2, 0.25) is 0 Å². The highest BCUT2D eigenvalue weighted by Gasteiger charge is 2.45. The molecule has 0 aromatic heterocycles. The lowest BCUT2D eigenvalue weighted by atomic mass is 9.85. The van der Waals surface area contributed by atoms with Crippen LogP contribution < -0.4 is 5.32 Å². The van der Waals surface area contributed by atoms with E-state index in [1.54, 1.807) is 6.07 Å². The van der Waals surface area contributed by atoms with Crippen molar-refractivity contribution in [3.05, 3.63) is 65.0 Å². The fourth-order valence-electron chi connectivity index (χ4n) is 3.44. The number of benzene rings is 2. The first-order chi connectivity index (χ1) is 14.1. The van der Waals surface area contributed by atoms with Gasteiger partial charge in [-0.2, -0.15) is 13.2 Å². The van der Waals surface area contributed by atoms with E-state index in [0.29, 0.717) is 11.5 Å². The summed E-state index contributed by atoms with van der Waals surface area (Å²) in [5.41, 5.74) is 1.14. The summed E-state index contributed by atoms with van der Waals surface area (Å²) in [7, 11) is 0. The number of carbonyl (C=O) groups excluding carboxylic acids is 2. The molecule has 3 rings (SSSR count). The van der Waals surface area contributed by atoms with E-state index in [1.807, 2.05) is 0 Å². The molecule has 1 aliphatic carbocycles. The molecule has 0 spiro atoms. The van der Waals surface area contributed by atoms with Gasteiger partial charge in [0.05, 0.1) is 17.5 Å². The molecule has 30 heavy (non-hydrogen) atoms. The number of halogens is 4. The molecule has 1 fully saturated rings. The van der Waals surface area contributed by atoms with Crippen LogP contribution in [0.4, 0.5) is 23.2 Å². The van der Waals surface area contributed by atoms with Crippen molar-refractivity contribution in [3.8, 4) is 0 Å². The molecule has 2 aromatic carbocycles. The Morgan fingerprint density at radius 1 is 1.10 bits per heavy atom. The number of nitrogens with one attached hydrogen (secondary N) is 1. The fraction of sp³-hybridized carbons (Fsp3) is 0.391. The number of amides is 1. The molecule has 7 heteroatoms. The molecule has 3 nitrogen and oxygen atoms in total. The zero-order valence-corrected chi connectivity index (χ0v) is 16.7. The third-order valence-electron chi connectivity index (χ3n) is 5.49. The summed E-state index contributed by atoms with van der Waals surface area (Å²) in [5.74, 6) is -4.93. The van der Waals surface area contributed by atoms with Crippen LogP contribution in [0.3, 0.4) is 0 Å². The number of rotatable bonds is 7. The van der Waals surface area contributed by atoms with E-state index in [1.165, 1.54) is 43.3 Å². The van der Waals surface area contributed by atoms with E-state index in [9.17, 15) is 27.2 Å². The summed E-state index contributed by atoms with van der Waals surface area (Å²) < 4.78 is 54.7. The van der Waals surface area contributed by atoms with Crippen molar-refractivity contribution in [2.24, 2.45) is 11.8 Å². The highest BCUT2D eigenvalue weighted by molar-refractivity contribution is 5.97. The Morgan fingerprint density at radius 2 is 1.73 bits per heavy atom. The van der Waals surface area contributed by atoms with Gasteiger partial charge in [-0.25, -0.2) is 4.39 Å². The second-order valence-corrected chi connectivity index (χ2v) is 7.94. The Morgan fingerprint density at radius 3 is 2.27 bits per heavy atom. The van der Waals surface area contributed by atoms with Gasteiger partial charge in [-0.1, -0.05) is 37.3 Å². The lowest BCUT2D eigenvalue weighted by Crippen LogP contribution is -2.34. The number of ketones is 1. The molecular formula is C23H23F4NO2. The van der Waals surface area contributed by atoms with Crippen LogP contribution in [0.5, 0.6) is 0 Å². The van der Waals surface area contributed by atoms with Gasteiger partial charge in [-0.05, 0) is 55.4 Å².